The summed E-state index contributed by atoms with van der Waals surface area (Å²) in [7, 11) is 0. The van der Waals surface area contributed by atoms with Crippen LogP contribution in [0.15, 0.2) is 12.3 Å². The van der Waals surface area contributed by atoms with Crippen LogP contribution in [0.3, 0.4) is 0 Å². The molecule has 0 amide bonds. The summed E-state index contributed by atoms with van der Waals surface area (Å²) in [6, 6.07) is 1.42. The lowest BCUT2D eigenvalue weighted by atomic mass is 10.3. The van der Waals surface area contributed by atoms with Gasteiger partial charge in [0.15, 0.2) is 0 Å². The summed E-state index contributed by atoms with van der Waals surface area (Å²) in [5.74, 6) is 0.103. The van der Waals surface area contributed by atoms with Gasteiger partial charge in [0.2, 0.25) is 5.88 Å². The molecular weight excluding hydrogens is 245 g/mol. The van der Waals surface area contributed by atoms with Gasteiger partial charge in [-0.05, 0) is 12.5 Å². The fraction of sp³-hybridized carbons (Fsp3) is 0.444. The number of nitrogens with two attached hydrogens (primary N) is 1. The molecule has 0 atom stereocenters. The van der Waals surface area contributed by atoms with E-state index in [9.17, 15) is 13.2 Å². The SMILES string of the molecule is Nc1cc(Cl)cnc1OCCCC(F)(F)F. The minimum atomic E-state index is -4.16. The highest BCUT2D eigenvalue weighted by Crippen LogP contribution is 2.23. The van der Waals surface area contributed by atoms with Gasteiger partial charge in [-0.25, -0.2) is 4.98 Å². The molecule has 7 heteroatoms. The normalized spacial score (nSPS) is 11.5. The Labute approximate surface area is 95.4 Å². The van der Waals surface area contributed by atoms with Crippen LogP contribution < -0.4 is 10.5 Å². The second-order valence-electron chi connectivity index (χ2n) is 3.12. The first-order valence-corrected chi connectivity index (χ1v) is 4.87. The number of aromatic nitrogens is 1. The van der Waals surface area contributed by atoms with E-state index in [4.69, 9.17) is 22.1 Å². The van der Waals surface area contributed by atoms with E-state index in [0.29, 0.717) is 5.02 Å². The second-order valence-corrected chi connectivity index (χ2v) is 3.55. The molecular formula is C9H10ClF3N2O. The average Bonchev–Trinajstić information content (AvgIpc) is 2.13. The van der Waals surface area contributed by atoms with Gasteiger partial charge in [0.25, 0.3) is 0 Å². The Bertz CT molecular complexity index is 357. The van der Waals surface area contributed by atoms with Crippen LogP contribution in [0.4, 0.5) is 18.9 Å². The molecule has 0 saturated heterocycles. The number of hydrogen-bond acceptors (Lipinski definition) is 3. The Kier molecular flexibility index (Phi) is 4.23. The summed E-state index contributed by atoms with van der Waals surface area (Å²) in [6.45, 7) is -0.0850. The molecule has 0 aliphatic rings. The van der Waals surface area contributed by atoms with Gasteiger partial charge in [0, 0.05) is 12.6 Å². The Hall–Kier alpha value is -1.17. The van der Waals surface area contributed by atoms with Gasteiger partial charge in [-0.3, -0.25) is 0 Å². The molecule has 2 N–H and O–H groups in total. The molecule has 0 radical (unpaired) electrons. The number of ether oxygens (including phenoxy) is 1. The van der Waals surface area contributed by atoms with E-state index in [1.165, 1.54) is 12.3 Å². The molecule has 1 heterocycles. The number of halogens is 4. The standard InChI is InChI=1S/C9H10ClF3N2O/c10-6-4-7(14)8(15-5-6)16-3-1-2-9(11,12)13/h4-5H,1-3,14H2. The van der Waals surface area contributed by atoms with Crippen LogP contribution in [0.5, 0.6) is 5.88 Å². The zero-order valence-electron chi connectivity index (χ0n) is 8.22. The Morgan fingerprint density at radius 1 is 1.44 bits per heavy atom. The van der Waals surface area contributed by atoms with E-state index in [2.05, 4.69) is 4.98 Å². The van der Waals surface area contributed by atoms with Crippen LogP contribution in [0.1, 0.15) is 12.8 Å². The lowest BCUT2D eigenvalue weighted by Gasteiger charge is -2.09. The third kappa shape index (κ3) is 4.57. The number of nitrogens with zero attached hydrogens (tertiary/aromatic N) is 1. The Morgan fingerprint density at radius 2 is 2.12 bits per heavy atom. The first-order chi connectivity index (χ1) is 7.38. The van der Waals surface area contributed by atoms with Gasteiger partial charge in [-0.1, -0.05) is 11.6 Å². The van der Waals surface area contributed by atoms with Crippen molar-refractivity contribution in [1.82, 2.24) is 4.98 Å². The minimum Gasteiger partial charge on any atom is -0.476 e. The number of rotatable bonds is 4. The third-order valence-electron chi connectivity index (χ3n) is 1.69. The first kappa shape index (κ1) is 12.9. The van der Waals surface area contributed by atoms with Gasteiger partial charge >= 0.3 is 6.18 Å². The smallest absolute Gasteiger partial charge is 0.389 e. The van der Waals surface area contributed by atoms with Crippen LogP contribution in [0.2, 0.25) is 5.02 Å². The molecule has 1 aromatic rings. The molecule has 1 aromatic heterocycles. The third-order valence-corrected chi connectivity index (χ3v) is 1.90. The Morgan fingerprint density at radius 3 is 2.69 bits per heavy atom. The highest BCUT2D eigenvalue weighted by molar-refractivity contribution is 6.30. The highest BCUT2D eigenvalue weighted by atomic mass is 35.5. The van der Waals surface area contributed by atoms with Crippen molar-refractivity contribution >= 4 is 17.3 Å². The zero-order chi connectivity index (χ0) is 12.2. The van der Waals surface area contributed by atoms with Crippen molar-refractivity contribution < 1.29 is 17.9 Å². The molecule has 0 spiro atoms. The molecule has 0 aliphatic heterocycles. The monoisotopic (exact) mass is 254 g/mol. The van der Waals surface area contributed by atoms with Crippen molar-refractivity contribution in [3.63, 3.8) is 0 Å². The fourth-order valence-corrected chi connectivity index (χ4v) is 1.17. The van der Waals surface area contributed by atoms with E-state index < -0.39 is 12.6 Å². The van der Waals surface area contributed by atoms with Crippen LogP contribution >= 0.6 is 11.6 Å². The number of hydrogen-bond donors (Lipinski definition) is 1. The number of anilines is 1. The number of nitrogen functional groups attached to an aromatic ring is 1. The second kappa shape index (κ2) is 5.25. The van der Waals surface area contributed by atoms with Crippen molar-refractivity contribution in [2.45, 2.75) is 19.0 Å². The van der Waals surface area contributed by atoms with Crippen LogP contribution in [0.25, 0.3) is 0 Å². The lowest BCUT2D eigenvalue weighted by molar-refractivity contribution is -0.136. The summed E-state index contributed by atoms with van der Waals surface area (Å²) in [6.07, 6.45) is -3.87. The molecule has 3 nitrogen and oxygen atoms in total. The molecule has 0 bridgehead atoms. The lowest BCUT2D eigenvalue weighted by Crippen LogP contribution is -2.10. The minimum absolute atomic E-state index is 0.0850. The van der Waals surface area contributed by atoms with Gasteiger partial charge < -0.3 is 10.5 Å². The van der Waals surface area contributed by atoms with Crippen LogP contribution in [-0.2, 0) is 0 Å². The first-order valence-electron chi connectivity index (χ1n) is 4.49. The average molecular weight is 255 g/mol. The maximum Gasteiger partial charge on any atom is 0.389 e. The topological polar surface area (TPSA) is 48.1 Å². The number of pyridine rings is 1. The molecule has 90 valence electrons. The zero-order valence-corrected chi connectivity index (χ0v) is 8.98. The summed E-state index contributed by atoms with van der Waals surface area (Å²) < 4.78 is 40.4. The van der Waals surface area contributed by atoms with Crippen molar-refractivity contribution in [3.05, 3.63) is 17.3 Å². The van der Waals surface area contributed by atoms with Gasteiger partial charge in [0.1, 0.15) is 0 Å². The van der Waals surface area contributed by atoms with Gasteiger partial charge in [-0.2, -0.15) is 13.2 Å². The summed E-state index contributed by atoms with van der Waals surface area (Å²) in [5, 5.41) is 0.347. The summed E-state index contributed by atoms with van der Waals surface area (Å²) in [4.78, 5) is 3.75. The maximum absolute atomic E-state index is 11.8. The molecule has 1 rings (SSSR count). The van der Waals surface area contributed by atoms with Crippen LogP contribution in [-0.4, -0.2) is 17.8 Å². The van der Waals surface area contributed by atoms with E-state index in [-0.39, 0.29) is 24.6 Å². The molecule has 0 aromatic carbocycles. The summed E-state index contributed by atoms with van der Waals surface area (Å²) in [5.41, 5.74) is 5.70. The Balaban J connectivity index is 2.38. The van der Waals surface area contributed by atoms with Crippen molar-refractivity contribution in [2.75, 3.05) is 12.3 Å². The van der Waals surface area contributed by atoms with E-state index in [1.54, 1.807) is 0 Å². The van der Waals surface area contributed by atoms with Crippen molar-refractivity contribution in [1.29, 1.82) is 0 Å². The molecule has 0 saturated carbocycles. The molecule has 0 aliphatic carbocycles. The molecule has 0 unspecified atom stereocenters. The van der Waals surface area contributed by atoms with E-state index in [0.717, 1.165) is 0 Å². The summed E-state index contributed by atoms with van der Waals surface area (Å²) >= 11 is 5.59. The number of alkyl halides is 3. The van der Waals surface area contributed by atoms with E-state index in [1.807, 2.05) is 0 Å². The molecule has 16 heavy (non-hydrogen) atoms. The maximum atomic E-state index is 11.8. The predicted molar refractivity (Wildman–Crippen MR) is 54.4 cm³/mol. The van der Waals surface area contributed by atoms with Crippen molar-refractivity contribution in [2.24, 2.45) is 0 Å². The largest absolute Gasteiger partial charge is 0.476 e. The van der Waals surface area contributed by atoms with Crippen molar-refractivity contribution in [3.8, 4) is 5.88 Å². The predicted octanol–water partition coefficient (Wildman–Crippen LogP) is 3.04. The van der Waals surface area contributed by atoms with Gasteiger partial charge in [0.05, 0.1) is 17.3 Å². The van der Waals surface area contributed by atoms with E-state index >= 15 is 0 Å². The quantitative estimate of drug-likeness (QED) is 0.840. The highest BCUT2D eigenvalue weighted by Gasteiger charge is 2.26. The van der Waals surface area contributed by atoms with Crippen LogP contribution in [0, 0.1) is 0 Å². The van der Waals surface area contributed by atoms with Gasteiger partial charge in [-0.15, -0.1) is 0 Å². The fourth-order valence-electron chi connectivity index (χ4n) is 1.00. The molecule has 0 fully saturated rings.